The Morgan fingerprint density at radius 1 is 1.09 bits per heavy atom. The molecule has 0 spiro atoms. The summed E-state index contributed by atoms with van der Waals surface area (Å²) < 4.78 is 1.31. The molecule has 22 heavy (non-hydrogen) atoms. The topological polar surface area (TPSA) is 18.5 Å². The highest BCUT2D eigenvalue weighted by Gasteiger charge is 2.32. The van der Waals surface area contributed by atoms with Crippen molar-refractivity contribution in [3.8, 4) is 0 Å². The number of hydrogen-bond donors (Lipinski definition) is 1. The van der Waals surface area contributed by atoms with Gasteiger partial charge in [0, 0.05) is 42.5 Å². The highest BCUT2D eigenvalue weighted by Crippen LogP contribution is 2.32. The number of nitrogens with zero attached hydrogens (tertiary/aromatic N) is 2. The van der Waals surface area contributed by atoms with E-state index in [-0.39, 0.29) is 0 Å². The minimum Gasteiger partial charge on any atom is -0.359 e. The van der Waals surface area contributed by atoms with Crippen LogP contribution in [0.5, 0.6) is 0 Å². The van der Waals surface area contributed by atoms with Gasteiger partial charge in [-0.2, -0.15) is 0 Å². The summed E-state index contributed by atoms with van der Waals surface area (Å²) in [7, 11) is 2.30. The molecule has 1 saturated carbocycles. The molecule has 0 amide bonds. The zero-order valence-corrected chi connectivity index (χ0v) is 15.8. The Morgan fingerprint density at radius 2 is 1.73 bits per heavy atom. The average Bonchev–Trinajstić information content (AvgIpc) is 2.57. The van der Waals surface area contributed by atoms with Crippen LogP contribution in [-0.4, -0.2) is 44.3 Å². The molecule has 3 rings (SSSR count). The molecule has 1 unspecified atom stereocenters. The van der Waals surface area contributed by atoms with Crippen molar-refractivity contribution in [2.24, 2.45) is 5.92 Å². The maximum Gasteiger partial charge on any atom is 0.0846 e. The fourth-order valence-corrected chi connectivity index (χ4v) is 4.43. The van der Waals surface area contributed by atoms with Crippen molar-refractivity contribution in [1.82, 2.24) is 10.2 Å². The van der Waals surface area contributed by atoms with Gasteiger partial charge in [-0.05, 0) is 65.6 Å². The minimum atomic E-state index is 0.558. The first kappa shape index (κ1) is 16.5. The lowest BCUT2D eigenvalue weighted by atomic mass is 9.85. The number of nitrogens with one attached hydrogen (secondary N) is 1. The molecule has 1 heterocycles. The van der Waals surface area contributed by atoms with Crippen LogP contribution in [0.3, 0.4) is 0 Å². The predicted molar refractivity (Wildman–Crippen MR) is 102 cm³/mol. The predicted octanol–water partition coefficient (Wildman–Crippen LogP) is 3.54. The first-order chi connectivity index (χ1) is 10.8. The summed E-state index contributed by atoms with van der Waals surface area (Å²) in [5.74, 6) is 0.816. The Morgan fingerprint density at radius 3 is 2.36 bits per heavy atom. The van der Waals surface area contributed by atoms with Crippen molar-refractivity contribution in [3.05, 3.63) is 27.8 Å². The molecule has 1 aliphatic heterocycles. The van der Waals surface area contributed by atoms with E-state index in [0.29, 0.717) is 6.17 Å². The molecule has 0 radical (unpaired) electrons. The Labute approximate surface area is 148 Å². The van der Waals surface area contributed by atoms with Gasteiger partial charge in [-0.3, -0.25) is 4.90 Å². The summed E-state index contributed by atoms with van der Waals surface area (Å²) in [6, 6.07) is 9.00. The molecule has 2 aliphatic rings. The maximum atomic E-state index is 3.50. The van der Waals surface area contributed by atoms with E-state index < -0.39 is 0 Å². The van der Waals surface area contributed by atoms with E-state index in [0.717, 1.165) is 19.0 Å². The fourth-order valence-electron chi connectivity index (χ4n) is 4.07. The van der Waals surface area contributed by atoms with Crippen molar-refractivity contribution < 1.29 is 0 Å². The zero-order valence-electron chi connectivity index (χ0n) is 13.6. The zero-order chi connectivity index (χ0) is 15.4. The first-order valence-electron chi connectivity index (χ1n) is 8.69. The van der Waals surface area contributed by atoms with E-state index in [1.807, 2.05) is 0 Å². The molecule has 3 nitrogen and oxygen atoms in total. The van der Waals surface area contributed by atoms with Crippen LogP contribution in [0.1, 0.15) is 32.1 Å². The van der Waals surface area contributed by atoms with E-state index in [2.05, 4.69) is 69.0 Å². The number of halogens is 1. The van der Waals surface area contributed by atoms with Crippen LogP contribution >= 0.6 is 22.6 Å². The lowest BCUT2D eigenvalue weighted by molar-refractivity contribution is 0.103. The number of hydrogen-bond acceptors (Lipinski definition) is 3. The van der Waals surface area contributed by atoms with Gasteiger partial charge >= 0.3 is 0 Å². The summed E-state index contributed by atoms with van der Waals surface area (Å²) in [5.41, 5.74) is 1.36. The van der Waals surface area contributed by atoms with Gasteiger partial charge in [-0.15, -0.1) is 0 Å². The molecule has 1 saturated heterocycles. The molecule has 2 fully saturated rings. The Balaban J connectivity index is 1.80. The van der Waals surface area contributed by atoms with Crippen molar-refractivity contribution >= 4 is 28.3 Å². The largest absolute Gasteiger partial charge is 0.359 e. The summed E-state index contributed by atoms with van der Waals surface area (Å²) in [6.45, 7) is 4.61. The van der Waals surface area contributed by atoms with E-state index >= 15 is 0 Å². The number of anilines is 1. The van der Waals surface area contributed by atoms with Crippen LogP contribution in [0, 0.1) is 9.49 Å². The Bertz CT molecular complexity index is 432. The van der Waals surface area contributed by atoms with Crippen molar-refractivity contribution in [3.63, 3.8) is 0 Å². The quantitative estimate of drug-likeness (QED) is 0.762. The molecule has 1 aromatic rings. The van der Waals surface area contributed by atoms with Crippen LogP contribution in [0.4, 0.5) is 5.69 Å². The van der Waals surface area contributed by atoms with Crippen LogP contribution in [0.15, 0.2) is 24.3 Å². The fraction of sp³-hybridized carbons (Fsp3) is 0.667. The monoisotopic (exact) mass is 413 g/mol. The standard InChI is InChI=1S/C18H28IN3/c1-21(17-9-7-16(19)8-10-17)18(15-5-3-2-4-6-15)22-13-11-20-12-14-22/h7-10,15,18,20H,2-6,11-14H2,1H3. The lowest BCUT2D eigenvalue weighted by Gasteiger charge is -2.46. The van der Waals surface area contributed by atoms with Gasteiger partial charge < -0.3 is 10.2 Å². The molecule has 1 atom stereocenters. The van der Waals surface area contributed by atoms with Gasteiger partial charge in [0.2, 0.25) is 0 Å². The second-order valence-corrected chi connectivity index (χ2v) is 7.93. The van der Waals surface area contributed by atoms with Gasteiger partial charge in [0.05, 0.1) is 6.17 Å². The van der Waals surface area contributed by atoms with E-state index in [9.17, 15) is 0 Å². The van der Waals surface area contributed by atoms with Crippen molar-refractivity contribution in [2.45, 2.75) is 38.3 Å². The number of piperazine rings is 1. The molecule has 4 heteroatoms. The van der Waals surface area contributed by atoms with Gasteiger partial charge in [-0.1, -0.05) is 19.3 Å². The highest BCUT2D eigenvalue weighted by molar-refractivity contribution is 14.1. The molecule has 0 bridgehead atoms. The molecule has 1 N–H and O–H groups in total. The van der Waals surface area contributed by atoms with Gasteiger partial charge in [0.1, 0.15) is 0 Å². The van der Waals surface area contributed by atoms with Crippen LogP contribution in [0.2, 0.25) is 0 Å². The normalized spacial score (nSPS) is 22.5. The first-order valence-corrected chi connectivity index (χ1v) is 9.77. The number of rotatable bonds is 4. The molecule has 1 aromatic carbocycles. The van der Waals surface area contributed by atoms with E-state index in [4.69, 9.17) is 0 Å². The lowest BCUT2D eigenvalue weighted by Crippen LogP contribution is -2.57. The third-order valence-corrected chi connectivity index (χ3v) is 5.95. The van der Waals surface area contributed by atoms with Crippen molar-refractivity contribution in [1.29, 1.82) is 0 Å². The van der Waals surface area contributed by atoms with Crippen LogP contribution in [-0.2, 0) is 0 Å². The average molecular weight is 413 g/mol. The van der Waals surface area contributed by atoms with Crippen molar-refractivity contribution in [2.75, 3.05) is 38.1 Å². The van der Waals surface area contributed by atoms with Crippen LogP contribution < -0.4 is 10.2 Å². The number of benzene rings is 1. The molecule has 1 aliphatic carbocycles. The van der Waals surface area contributed by atoms with Gasteiger partial charge in [0.15, 0.2) is 0 Å². The minimum absolute atomic E-state index is 0.558. The third-order valence-electron chi connectivity index (χ3n) is 5.23. The Kier molecular flexibility index (Phi) is 5.99. The summed E-state index contributed by atoms with van der Waals surface area (Å²) in [5, 5.41) is 3.50. The second kappa shape index (κ2) is 7.97. The molecule has 122 valence electrons. The summed E-state index contributed by atoms with van der Waals surface area (Å²) in [6.07, 6.45) is 7.59. The maximum absolute atomic E-state index is 3.50. The van der Waals surface area contributed by atoms with Gasteiger partial charge in [0.25, 0.3) is 0 Å². The van der Waals surface area contributed by atoms with Gasteiger partial charge in [-0.25, -0.2) is 0 Å². The molecule has 0 aromatic heterocycles. The highest BCUT2D eigenvalue weighted by atomic mass is 127. The smallest absolute Gasteiger partial charge is 0.0846 e. The second-order valence-electron chi connectivity index (χ2n) is 6.68. The summed E-state index contributed by atoms with van der Waals surface area (Å²) >= 11 is 2.39. The SMILES string of the molecule is CN(c1ccc(I)cc1)C(C1CCCCC1)N1CCNCC1. The molecular formula is C18H28IN3. The Hall–Kier alpha value is -0.330. The third kappa shape index (κ3) is 3.95. The van der Waals surface area contributed by atoms with E-state index in [1.165, 1.54) is 54.5 Å². The van der Waals surface area contributed by atoms with E-state index in [1.54, 1.807) is 0 Å². The molecular weight excluding hydrogens is 385 g/mol. The summed E-state index contributed by atoms with van der Waals surface area (Å²) in [4.78, 5) is 5.25. The van der Waals surface area contributed by atoms with Crippen LogP contribution in [0.25, 0.3) is 0 Å².